The molecule has 0 radical (unpaired) electrons. The van der Waals surface area contributed by atoms with Crippen molar-refractivity contribution in [2.75, 3.05) is 43.0 Å². The summed E-state index contributed by atoms with van der Waals surface area (Å²) < 4.78 is 44.7. The van der Waals surface area contributed by atoms with Crippen LogP contribution in [0.3, 0.4) is 0 Å². The third-order valence-corrected chi connectivity index (χ3v) is 6.56. The van der Waals surface area contributed by atoms with Gasteiger partial charge in [0.05, 0.1) is 17.7 Å². The second kappa shape index (κ2) is 10.6. The number of nitrogens with zero attached hydrogens (tertiary/aromatic N) is 3. The van der Waals surface area contributed by atoms with Crippen molar-refractivity contribution in [3.05, 3.63) is 90.1 Å². The van der Waals surface area contributed by atoms with Crippen LogP contribution in [0, 0.1) is 0 Å². The monoisotopic (exact) mass is 520 g/mol. The highest BCUT2D eigenvalue weighted by Crippen LogP contribution is 2.33. The second-order valence-corrected chi connectivity index (χ2v) is 9.00. The van der Waals surface area contributed by atoms with E-state index in [-0.39, 0.29) is 11.4 Å². The highest BCUT2D eigenvalue weighted by molar-refractivity contribution is 5.96. The van der Waals surface area contributed by atoms with Gasteiger partial charge in [0.15, 0.2) is 0 Å². The van der Waals surface area contributed by atoms with Gasteiger partial charge in [-0.2, -0.15) is 13.2 Å². The number of carbonyl (C=O) groups is 1. The van der Waals surface area contributed by atoms with Gasteiger partial charge in [0, 0.05) is 60.4 Å². The predicted octanol–water partition coefficient (Wildman–Crippen LogP) is 6.36. The Morgan fingerprint density at radius 1 is 0.947 bits per heavy atom. The topological polar surface area (TPSA) is 57.7 Å². The van der Waals surface area contributed by atoms with E-state index in [0.29, 0.717) is 42.0 Å². The Kier molecular flexibility index (Phi) is 7.09. The van der Waals surface area contributed by atoms with Gasteiger partial charge in [-0.05, 0) is 73.7 Å². The van der Waals surface area contributed by atoms with Crippen LogP contribution in [0.5, 0.6) is 5.75 Å². The van der Waals surface area contributed by atoms with Crippen LogP contribution in [0.15, 0.2) is 79.0 Å². The fraction of sp³-hybridized carbons (Fsp3) is 0.241. The van der Waals surface area contributed by atoms with Gasteiger partial charge < -0.3 is 19.9 Å². The molecule has 0 aliphatic carbocycles. The molecule has 2 heterocycles. The van der Waals surface area contributed by atoms with Crippen LogP contribution in [0.4, 0.5) is 30.2 Å². The fourth-order valence-corrected chi connectivity index (χ4v) is 4.56. The molecule has 0 spiro atoms. The maximum atomic E-state index is 13.1. The van der Waals surface area contributed by atoms with Crippen molar-refractivity contribution in [2.24, 2.45) is 0 Å². The minimum Gasteiger partial charge on any atom is -0.494 e. The summed E-state index contributed by atoms with van der Waals surface area (Å²) >= 11 is 0. The molecule has 0 saturated carbocycles. The first-order valence-corrected chi connectivity index (χ1v) is 12.4. The summed E-state index contributed by atoms with van der Waals surface area (Å²) in [6, 6.07) is 20.3. The lowest BCUT2D eigenvalue weighted by Crippen LogP contribution is -2.48. The minimum absolute atomic E-state index is 0.0306. The van der Waals surface area contributed by atoms with Crippen molar-refractivity contribution in [3.63, 3.8) is 0 Å². The Balaban J connectivity index is 1.21. The Bertz CT molecular complexity index is 1410. The predicted molar refractivity (Wildman–Crippen MR) is 142 cm³/mol. The molecule has 0 bridgehead atoms. The first-order valence-electron chi connectivity index (χ1n) is 12.4. The average Bonchev–Trinajstić information content (AvgIpc) is 2.93. The Morgan fingerprint density at radius 2 is 1.66 bits per heavy atom. The van der Waals surface area contributed by atoms with Crippen molar-refractivity contribution in [3.8, 4) is 5.75 Å². The number of alkyl halides is 3. The molecule has 1 N–H and O–H groups in total. The lowest BCUT2D eigenvalue weighted by molar-refractivity contribution is -0.137. The fourth-order valence-electron chi connectivity index (χ4n) is 4.56. The number of aromatic nitrogens is 1. The zero-order valence-corrected chi connectivity index (χ0v) is 20.8. The van der Waals surface area contributed by atoms with E-state index in [2.05, 4.69) is 15.2 Å². The molecule has 4 aromatic rings. The van der Waals surface area contributed by atoms with Gasteiger partial charge in [0.25, 0.3) is 5.91 Å². The smallest absolute Gasteiger partial charge is 0.416 e. The largest absolute Gasteiger partial charge is 0.494 e. The zero-order valence-electron chi connectivity index (χ0n) is 20.8. The number of fused-ring (bicyclic) bond motifs is 1. The van der Waals surface area contributed by atoms with Gasteiger partial charge >= 0.3 is 6.18 Å². The van der Waals surface area contributed by atoms with Crippen LogP contribution in [0.25, 0.3) is 10.9 Å². The summed E-state index contributed by atoms with van der Waals surface area (Å²) in [4.78, 5) is 21.3. The molecule has 38 heavy (non-hydrogen) atoms. The van der Waals surface area contributed by atoms with Crippen molar-refractivity contribution in [1.29, 1.82) is 0 Å². The molecule has 9 heteroatoms. The van der Waals surface area contributed by atoms with Crippen LogP contribution in [0.1, 0.15) is 22.8 Å². The first kappa shape index (κ1) is 25.4. The number of nitrogens with one attached hydrogen (secondary N) is 1. The molecular weight excluding hydrogens is 493 g/mol. The Labute approximate surface area is 218 Å². The lowest BCUT2D eigenvalue weighted by Gasteiger charge is -2.36. The van der Waals surface area contributed by atoms with Crippen molar-refractivity contribution < 1.29 is 22.7 Å². The van der Waals surface area contributed by atoms with Crippen LogP contribution in [-0.4, -0.2) is 48.6 Å². The number of anilines is 3. The van der Waals surface area contributed by atoms with Crippen molar-refractivity contribution in [2.45, 2.75) is 13.1 Å². The highest BCUT2D eigenvalue weighted by atomic mass is 19.4. The van der Waals surface area contributed by atoms with Gasteiger partial charge in [-0.15, -0.1) is 0 Å². The number of piperazine rings is 1. The third kappa shape index (κ3) is 5.51. The van der Waals surface area contributed by atoms with Gasteiger partial charge in [-0.3, -0.25) is 9.78 Å². The third-order valence-electron chi connectivity index (χ3n) is 6.56. The van der Waals surface area contributed by atoms with Crippen molar-refractivity contribution >= 4 is 33.9 Å². The molecule has 6 nitrogen and oxygen atoms in total. The maximum Gasteiger partial charge on any atom is 0.416 e. The number of pyridine rings is 1. The van der Waals surface area contributed by atoms with Crippen LogP contribution in [-0.2, 0) is 6.18 Å². The number of hydrogen-bond acceptors (Lipinski definition) is 5. The highest BCUT2D eigenvalue weighted by Gasteiger charge is 2.30. The van der Waals surface area contributed by atoms with E-state index in [1.807, 2.05) is 36.1 Å². The number of halogens is 3. The quantitative estimate of drug-likeness (QED) is 0.321. The van der Waals surface area contributed by atoms with Crippen LogP contribution < -0.4 is 15.0 Å². The van der Waals surface area contributed by atoms with Gasteiger partial charge in [-0.1, -0.05) is 6.07 Å². The molecule has 1 saturated heterocycles. The molecule has 0 unspecified atom stereocenters. The number of rotatable bonds is 6. The number of amides is 1. The zero-order chi connectivity index (χ0) is 26.7. The number of ether oxygens (including phenoxy) is 1. The van der Waals surface area contributed by atoms with E-state index >= 15 is 0 Å². The summed E-state index contributed by atoms with van der Waals surface area (Å²) in [5.74, 6) is 0.813. The summed E-state index contributed by atoms with van der Waals surface area (Å²) in [5, 5.41) is 3.80. The summed E-state index contributed by atoms with van der Waals surface area (Å²) in [6.45, 7) is 5.30. The number of benzene rings is 3. The van der Waals surface area contributed by atoms with E-state index in [1.165, 1.54) is 12.3 Å². The number of hydrogen-bond donors (Lipinski definition) is 1. The Hall–Kier alpha value is -4.27. The summed E-state index contributed by atoms with van der Waals surface area (Å²) in [7, 11) is 0. The van der Waals surface area contributed by atoms with E-state index < -0.39 is 11.7 Å². The molecule has 0 atom stereocenters. The lowest BCUT2D eigenvalue weighted by atomic mass is 10.1. The minimum atomic E-state index is -4.43. The molecule has 1 aliphatic rings. The molecular formula is C29H27F3N4O2. The standard InChI is InChI=1S/C29H27F3N4O2/c1-2-38-24-10-8-23(9-11-24)35-15-17-36(18-16-35)28(37)20-3-6-22(7-4-20)34-26-13-14-33-27-19-21(29(30,31)32)5-12-25(26)27/h3-14,19H,2,15-18H2,1H3,(H,33,34). The molecule has 5 rings (SSSR count). The molecule has 1 aromatic heterocycles. The van der Waals surface area contributed by atoms with Crippen LogP contribution >= 0.6 is 0 Å². The molecule has 196 valence electrons. The van der Waals surface area contributed by atoms with E-state index in [4.69, 9.17) is 4.74 Å². The molecule has 1 aliphatic heterocycles. The summed E-state index contributed by atoms with van der Waals surface area (Å²) in [5.41, 5.74) is 2.55. The normalized spacial score (nSPS) is 14.0. The molecule has 1 fully saturated rings. The Morgan fingerprint density at radius 3 is 2.32 bits per heavy atom. The van der Waals surface area contributed by atoms with Gasteiger partial charge in [-0.25, -0.2) is 0 Å². The average molecular weight is 521 g/mol. The van der Waals surface area contributed by atoms with Gasteiger partial charge in [0.1, 0.15) is 5.75 Å². The molecule has 3 aromatic carbocycles. The summed E-state index contributed by atoms with van der Waals surface area (Å²) in [6.07, 6.45) is -2.96. The SMILES string of the molecule is CCOc1ccc(N2CCN(C(=O)c3ccc(Nc4ccnc5cc(C(F)(F)F)ccc45)cc3)CC2)cc1. The van der Waals surface area contributed by atoms with E-state index in [1.54, 1.807) is 30.3 Å². The first-order chi connectivity index (χ1) is 18.3. The van der Waals surface area contributed by atoms with Crippen molar-refractivity contribution in [1.82, 2.24) is 9.88 Å². The van der Waals surface area contributed by atoms with E-state index in [9.17, 15) is 18.0 Å². The van der Waals surface area contributed by atoms with E-state index in [0.717, 1.165) is 36.7 Å². The number of carbonyl (C=O) groups excluding carboxylic acids is 1. The second-order valence-electron chi connectivity index (χ2n) is 9.00. The maximum absolute atomic E-state index is 13.1. The molecule has 1 amide bonds. The van der Waals surface area contributed by atoms with Gasteiger partial charge in [0.2, 0.25) is 0 Å². The van der Waals surface area contributed by atoms with Crippen LogP contribution in [0.2, 0.25) is 0 Å².